The molecule has 1 aliphatic rings. The van der Waals surface area contributed by atoms with Gasteiger partial charge in [-0.25, -0.2) is 14.6 Å². The predicted molar refractivity (Wildman–Crippen MR) is 122 cm³/mol. The molecular weight excluding hydrogens is 438 g/mol. The smallest absolute Gasteiger partial charge is 0.407 e. The van der Waals surface area contributed by atoms with Crippen molar-refractivity contribution < 1.29 is 28.6 Å². The molecule has 4 rings (SSSR count). The van der Waals surface area contributed by atoms with Crippen LogP contribution >= 0.6 is 0 Å². The minimum Gasteiger partial charge on any atom is -0.476 e. The molecule has 1 heterocycles. The summed E-state index contributed by atoms with van der Waals surface area (Å²) in [7, 11) is 0. The van der Waals surface area contributed by atoms with E-state index in [-0.39, 0.29) is 43.0 Å². The SMILES string of the molecule is CC(C)(CNC(=O)OCC1c2ccccc2-c2ccccc21)C(=O)NCc1ocnc1C(=O)O. The number of alkyl carbamates (subject to hydrolysis) is 1. The largest absolute Gasteiger partial charge is 0.476 e. The highest BCUT2D eigenvalue weighted by atomic mass is 16.5. The minimum absolute atomic E-state index is 0.0255. The second-order valence-corrected chi connectivity index (χ2v) is 8.67. The molecule has 3 N–H and O–H groups in total. The molecule has 0 saturated heterocycles. The third-order valence-corrected chi connectivity index (χ3v) is 5.89. The molecule has 0 fully saturated rings. The quantitative estimate of drug-likeness (QED) is 0.466. The van der Waals surface area contributed by atoms with Crippen LogP contribution in [0, 0.1) is 5.41 Å². The summed E-state index contributed by atoms with van der Waals surface area (Å²) in [6.45, 7) is 3.39. The van der Waals surface area contributed by atoms with E-state index in [1.165, 1.54) is 0 Å². The Morgan fingerprint density at radius 2 is 1.65 bits per heavy atom. The van der Waals surface area contributed by atoms with E-state index in [0.717, 1.165) is 28.6 Å². The van der Waals surface area contributed by atoms with Crippen LogP contribution in [0.2, 0.25) is 0 Å². The number of carboxylic acids is 1. The highest BCUT2D eigenvalue weighted by Gasteiger charge is 2.31. The van der Waals surface area contributed by atoms with Gasteiger partial charge in [0.15, 0.2) is 17.8 Å². The molecule has 0 atom stereocenters. The third-order valence-electron chi connectivity index (χ3n) is 5.89. The maximum atomic E-state index is 12.6. The van der Waals surface area contributed by atoms with Gasteiger partial charge in [-0.1, -0.05) is 48.5 Å². The lowest BCUT2D eigenvalue weighted by molar-refractivity contribution is -0.129. The Balaban J connectivity index is 1.30. The van der Waals surface area contributed by atoms with Crippen molar-refractivity contribution in [3.8, 4) is 11.1 Å². The molecule has 0 saturated carbocycles. The van der Waals surface area contributed by atoms with Crippen molar-refractivity contribution in [2.45, 2.75) is 26.3 Å². The highest BCUT2D eigenvalue weighted by Crippen LogP contribution is 2.44. The van der Waals surface area contributed by atoms with Gasteiger partial charge in [0.2, 0.25) is 5.91 Å². The first-order valence-electron chi connectivity index (χ1n) is 10.8. The van der Waals surface area contributed by atoms with E-state index in [0.29, 0.717) is 0 Å². The van der Waals surface area contributed by atoms with Gasteiger partial charge >= 0.3 is 12.1 Å². The molecule has 9 heteroatoms. The van der Waals surface area contributed by atoms with E-state index in [2.05, 4.69) is 27.8 Å². The zero-order valence-electron chi connectivity index (χ0n) is 18.8. The number of benzene rings is 2. The van der Waals surface area contributed by atoms with Crippen LogP contribution in [0.4, 0.5) is 4.79 Å². The maximum absolute atomic E-state index is 12.6. The van der Waals surface area contributed by atoms with E-state index in [1.807, 2.05) is 36.4 Å². The summed E-state index contributed by atoms with van der Waals surface area (Å²) < 4.78 is 10.5. The monoisotopic (exact) mass is 463 g/mol. The number of oxazole rings is 1. The second kappa shape index (κ2) is 9.38. The average molecular weight is 463 g/mol. The molecule has 34 heavy (non-hydrogen) atoms. The fourth-order valence-corrected chi connectivity index (χ4v) is 3.99. The van der Waals surface area contributed by atoms with Crippen LogP contribution in [0.25, 0.3) is 11.1 Å². The van der Waals surface area contributed by atoms with Crippen molar-refractivity contribution in [2.24, 2.45) is 5.41 Å². The van der Waals surface area contributed by atoms with Crippen LogP contribution in [0.15, 0.2) is 59.3 Å². The van der Waals surface area contributed by atoms with Crippen molar-refractivity contribution in [3.05, 3.63) is 77.5 Å². The molecule has 0 radical (unpaired) electrons. The Kier molecular flexibility index (Phi) is 6.36. The summed E-state index contributed by atoms with van der Waals surface area (Å²) in [5.41, 5.74) is 3.28. The maximum Gasteiger partial charge on any atom is 0.407 e. The molecule has 2 aromatic carbocycles. The van der Waals surface area contributed by atoms with Crippen molar-refractivity contribution >= 4 is 18.0 Å². The van der Waals surface area contributed by atoms with Crippen LogP contribution in [0.3, 0.4) is 0 Å². The first-order valence-corrected chi connectivity index (χ1v) is 10.8. The second-order valence-electron chi connectivity index (χ2n) is 8.67. The van der Waals surface area contributed by atoms with Gasteiger partial charge in [0.05, 0.1) is 12.0 Å². The zero-order valence-corrected chi connectivity index (χ0v) is 18.8. The van der Waals surface area contributed by atoms with Crippen molar-refractivity contribution in [2.75, 3.05) is 13.2 Å². The van der Waals surface area contributed by atoms with E-state index < -0.39 is 17.5 Å². The molecule has 0 aliphatic heterocycles. The molecule has 2 amide bonds. The van der Waals surface area contributed by atoms with Gasteiger partial charge in [-0.2, -0.15) is 0 Å². The van der Waals surface area contributed by atoms with Crippen LogP contribution in [-0.2, 0) is 16.1 Å². The van der Waals surface area contributed by atoms with Crippen molar-refractivity contribution in [3.63, 3.8) is 0 Å². The number of aromatic nitrogens is 1. The summed E-state index contributed by atoms with van der Waals surface area (Å²) >= 11 is 0. The Hall–Kier alpha value is -4.14. The number of nitrogens with one attached hydrogen (secondary N) is 2. The number of hydrogen-bond acceptors (Lipinski definition) is 6. The molecule has 1 aromatic heterocycles. The molecule has 176 valence electrons. The van der Waals surface area contributed by atoms with Gasteiger partial charge in [-0.3, -0.25) is 4.79 Å². The van der Waals surface area contributed by atoms with Gasteiger partial charge < -0.3 is 24.9 Å². The number of fused-ring (bicyclic) bond motifs is 3. The lowest BCUT2D eigenvalue weighted by Gasteiger charge is -2.24. The number of carbonyl (C=O) groups is 3. The Bertz CT molecular complexity index is 1190. The molecule has 9 nitrogen and oxygen atoms in total. The number of carboxylic acid groups (broad SMARTS) is 1. The summed E-state index contributed by atoms with van der Waals surface area (Å²) in [5, 5.41) is 14.3. The topological polar surface area (TPSA) is 131 Å². The summed E-state index contributed by atoms with van der Waals surface area (Å²) in [6, 6.07) is 16.1. The number of rotatable bonds is 8. The Labute approximate surface area is 196 Å². The lowest BCUT2D eigenvalue weighted by atomic mass is 9.92. The normalized spacial score (nSPS) is 12.5. The molecule has 3 aromatic rings. The van der Waals surface area contributed by atoms with Gasteiger partial charge in [0, 0.05) is 12.5 Å². The number of ether oxygens (including phenoxy) is 1. The average Bonchev–Trinajstić information content (AvgIpc) is 3.43. The van der Waals surface area contributed by atoms with E-state index in [4.69, 9.17) is 14.3 Å². The first kappa shape index (κ1) is 23.0. The van der Waals surface area contributed by atoms with Crippen LogP contribution < -0.4 is 10.6 Å². The molecule has 1 aliphatic carbocycles. The third kappa shape index (κ3) is 4.63. The van der Waals surface area contributed by atoms with E-state index >= 15 is 0 Å². The molecule has 0 spiro atoms. The Morgan fingerprint density at radius 1 is 1.03 bits per heavy atom. The van der Waals surface area contributed by atoms with Crippen molar-refractivity contribution in [1.29, 1.82) is 0 Å². The number of hydrogen-bond donors (Lipinski definition) is 3. The number of aromatic carboxylic acids is 1. The van der Waals surface area contributed by atoms with Crippen molar-refractivity contribution in [1.82, 2.24) is 15.6 Å². The molecule has 0 bridgehead atoms. The summed E-state index contributed by atoms with van der Waals surface area (Å²) in [4.78, 5) is 39.7. The highest BCUT2D eigenvalue weighted by molar-refractivity contribution is 5.87. The van der Waals surface area contributed by atoms with E-state index in [1.54, 1.807) is 13.8 Å². The zero-order chi connectivity index (χ0) is 24.3. The Morgan fingerprint density at radius 3 is 2.26 bits per heavy atom. The van der Waals surface area contributed by atoms with Crippen LogP contribution in [0.1, 0.15) is 47.1 Å². The van der Waals surface area contributed by atoms with Crippen LogP contribution in [0.5, 0.6) is 0 Å². The van der Waals surface area contributed by atoms with Crippen LogP contribution in [-0.4, -0.2) is 41.2 Å². The lowest BCUT2D eigenvalue weighted by Crippen LogP contribution is -2.45. The summed E-state index contributed by atoms with van der Waals surface area (Å²) in [5.74, 6) is -1.64. The first-order chi connectivity index (χ1) is 16.3. The predicted octanol–water partition coefficient (Wildman–Crippen LogP) is 3.55. The fraction of sp³-hybridized carbons (Fsp3) is 0.280. The van der Waals surface area contributed by atoms with E-state index in [9.17, 15) is 14.4 Å². The number of nitrogens with zero attached hydrogens (tertiary/aromatic N) is 1. The standard InChI is InChI=1S/C25H25N3O6/c1-25(2,23(31)26-11-20-21(22(29)30)28-14-34-20)13-27-24(32)33-12-19-17-9-5-3-7-15(17)16-8-4-6-10-18(16)19/h3-10,14,19H,11-13H2,1-2H3,(H,26,31)(H,27,32)(H,29,30). The van der Waals surface area contributed by atoms with Gasteiger partial charge in [-0.15, -0.1) is 0 Å². The number of carbonyl (C=O) groups excluding carboxylic acids is 2. The fourth-order valence-electron chi connectivity index (χ4n) is 3.99. The van der Waals surface area contributed by atoms with Gasteiger partial charge in [-0.05, 0) is 36.1 Å². The molecular formula is C25H25N3O6. The summed E-state index contributed by atoms with van der Waals surface area (Å²) in [6.07, 6.45) is 0.389. The van der Waals surface area contributed by atoms with Gasteiger partial charge in [0.1, 0.15) is 6.61 Å². The number of amides is 2. The minimum atomic E-state index is -1.24. The molecule has 0 unspecified atom stereocenters. The van der Waals surface area contributed by atoms with Gasteiger partial charge in [0.25, 0.3) is 0 Å².